The maximum absolute atomic E-state index is 13.8. The van der Waals surface area contributed by atoms with Gasteiger partial charge in [-0.1, -0.05) is 26.0 Å². The fourth-order valence-electron chi connectivity index (χ4n) is 2.78. The van der Waals surface area contributed by atoms with Gasteiger partial charge in [0.05, 0.1) is 12.3 Å². The quantitative estimate of drug-likeness (QED) is 0.587. The number of thioether (sulfide) groups is 1. The van der Waals surface area contributed by atoms with Crippen LogP contribution in [0.1, 0.15) is 20.8 Å². The lowest BCUT2D eigenvalue weighted by molar-refractivity contribution is 0.381. The minimum Gasteiger partial charge on any atom is -0.357 e. The van der Waals surface area contributed by atoms with Gasteiger partial charge >= 0.3 is 0 Å². The van der Waals surface area contributed by atoms with Gasteiger partial charge in [0.2, 0.25) is 0 Å². The molecule has 0 saturated carbocycles. The highest BCUT2D eigenvalue weighted by atomic mass is 32.2. The summed E-state index contributed by atoms with van der Waals surface area (Å²) in [4.78, 5) is 6.43. The van der Waals surface area contributed by atoms with Crippen molar-refractivity contribution in [2.45, 2.75) is 30.9 Å². The third kappa shape index (κ3) is 5.61. The summed E-state index contributed by atoms with van der Waals surface area (Å²) in [5, 5.41) is 3.78. The van der Waals surface area contributed by atoms with Crippen LogP contribution in [0.25, 0.3) is 0 Å². The van der Waals surface area contributed by atoms with Crippen molar-refractivity contribution in [3.05, 3.63) is 30.1 Å². The van der Waals surface area contributed by atoms with E-state index in [9.17, 15) is 12.8 Å². The van der Waals surface area contributed by atoms with Crippen molar-refractivity contribution < 1.29 is 12.8 Å². The molecule has 1 aromatic carbocycles. The molecule has 1 aromatic rings. The largest absolute Gasteiger partial charge is 0.357 e. The number of hydrogen-bond donors (Lipinski definition) is 1. The molecule has 0 amide bonds. The first-order valence-corrected chi connectivity index (χ1v) is 11.7. The van der Waals surface area contributed by atoms with Gasteiger partial charge in [0, 0.05) is 30.6 Å². The van der Waals surface area contributed by atoms with Gasteiger partial charge in [0.15, 0.2) is 15.8 Å². The minimum absolute atomic E-state index is 0.106. The summed E-state index contributed by atoms with van der Waals surface area (Å²) in [6.07, 6.45) is 0. The second-order valence-electron chi connectivity index (χ2n) is 6.58. The highest BCUT2D eigenvalue weighted by molar-refractivity contribution is 8.00. The van der Waals surface area contributed by atoms with E-state index in [4.69, 9.17) is 0 Å². The molecular weight excluding hydrogens is 373 g/mol. The Morgan fingerprint density at radius 1 is 1.42 bits per heavy atom. The molecule has 1 fully saturated rings. The summed E-state index contributed by atoms with van der Waals surface area (Å²) < 4.78 is 38.5. The molecule has 8 heteroatoms. The molecule has 1 unspecified atom stereocenters. The normalized spacial score (nSPS) is 19.0. The molecule has 2 rings (SSSR count). The Bertz CT molecular complexity index is 723. The first kappa shape index (κ1) is 21.0. The molecule has 1 aliphatic rings. The van der Waals surface area contributed by atoms with Crippen molar-refractivity contribution >= 4 is 27.6 Å². The van der Waals surface area contributed by atoms with E-state index < -0.39 is 15.7 Å². The Labute approximate surface area is 160 Å². The van der Waals surface area contributed by atoms with E-state index in [1.807, 2.05) is 18.7 Å². The summed E-state index contributed by atoms with van der Waals surface area (Å²) in [6.45, 7) is 9.03. The Morgan fingerprint density at radius 3 is 2.81 bits per heavy atom. The van der Waals surface area contributed by atoms with Crippen LogP contribution in [0.5, 0.6) is 0 Å². The van der Waals surface area contributed by atoms with Gasteiger partial charge in [0.1, 0.15) is 10.7 Å². The number of aliphatic imine (C=N–C) groups is 1. The van der Waals surface area contributed by atoms with Crippen LogP contribution in [-0.4, -0.2) is 62.2 Å². The summed E-state index contributed by atoms with van der Waals surface area (Å²) in [7, 11) is -3.69. The van der Waals surface area contributed by atoms with Crippen molar-refractivity contribution in [2.75, 3.05) is 37.7 Å². The molecule has 1 N–H and O–H groups in total. The van der Waals surface area contributed by atoms with Gasteiger partial charge in [-0.25, -0.2) is 12.8 Å². The number of nitrogens with one attached hydrogen (secondary N) is 1. The molecule has 1 heterocycles. The Hall–Kier alpha value is -1.28. The molecule has 0 radical (unpaired) electrons. The van der Waals surface area contributed by atoms with E-state index in [1.165, 1.54) is 18.2 Å². The Balaban J connectivity index is 2.06. The van der Waals surface area contributed by atoms with Gasteiger partial charge in [-0.2, -0.15) is 11.8 Å². The third-order valence-electron chi connectivity index (χ3n) is 4.26. The van der Waals surface area contributed by atoms with E-state index in [-0.39, 0.29) is 17.2 Å². The van der Waals surface area contributed by atoms with Crippen LogP contribution < -0.4 is 5.32 Å². The molecule has 26 heavy (non-hydrogen) atoms. The fourth-order valence-corrected chi connectivity index (χ4v) is 5.28. The zero-order chi connectivity index (χ0) is 19.2. The minimum atomic E-state index is -3.69. The maximum atomic E-state index is 13.8. The van der Waals surface area contributed by atoms with E-state index >= 15 is 0 Å². The van der Waals surface area contributed by atoms with Crippen molar-refractivity contribution in [1.29, 1.82) is 0 Å². The van der Waals surface area contributed by atoms with Crippen LogP contribution in [-0.2, 0) is 9.84 Å². The summed E-state index contributed by atoms with van der Waals surface area (Å²) in [5.41, 5.74) is 0. The molecule has 0 aliphatic carbocycles. The topological polar surface area (TPSA) is 61.8 Å². The summed E-state index contributed by atoms with van der Waals surface area (Å²) in [6, 6.07) is 5.47. The van der Waals surface area contributed by atoms with E-state index in [0.29, 0.717) is 11.2 Å². The number of hydrogen-bond acceptors (Lipinski definition) is 4. The summed E-state index contributed by atoms with van der Waals surface area (Å²) >= 11 is 1.98. The lowest BCUT2D eigenvalue weighted by Gasteiger charge is -2.36. The second-order valence-corrected chi connectivity index (χ2v) is 10.0. The molecular formula is C18H28FN3O2S2. The van der Waals surface area contributed by atoms with Gasteiger partial charge < -0.3 is 10.2 Å². The molecule has 0 aromatic heterocycles. The van der Waals surface area contributed by atoms with Crippen molar-refractivity contribution in [3.63, 3.8) is 0 Å². The molecule has 146 valence electrons. The van der Waals surface area contributed by atoms with Crippen molar-refractivity contribution in [3.8, 4) is 0 Å². The highest BCUT2D eigenvalue weighted by Crippen LogP contribution is 2.25. The zero-order valence-electron chi connectivity index (χ0n) is 15.6. The van der Waals surface area contributed by atoms with Crippen LogP contribution in [0.15, 0.2) is 34.2 Å². The first-order valence-electron chi connectivity index (χ1n) is 8.97. The van der Waals surface area contributed by atoms with Crippen LogP contribution in [0.2, 0.25) is 0 Å². The highest BCUT2D eigenvalue weighted by Gasteiger charge is 2.25. The monoisotopic (exact) mass is 401 g/mol. The molecule has 1 aliphatic heterocycles. The molecule has 5 nitrogen and oxygen atoms in total. The average molecular weight is 402 g/mol. The van der Waals surface area contributed by atoms with Gasteiger partial charge in [-0.05, 0) is 25.0 Å². The molecule has 0 spiro atoms. The van der Waals surface area contributed by atoms with E-state index in [2.05, 4.69) is 29.1 Å². The predicted octanol–water partition coefficient (Wildman–Crippen LogP) is 2.64. The van der Waals surface area contributed by atoms with Crippen molar-refractivity contribution in [1.82, 2.24) is 10.2 Å². The second kappa shape index (κ2) is 9.60. The summed E-state index contributed by atoms with van der Waals surface area (Å²) in [5.74, 6) is 1.42. The maximum Gasteiger partial charge on any atom is 0.194 e. The van der Waals surface area contributed by atoms with Gasteiger partial charge in [0.25, 0.3) is 0 Å². The number of nitrogens with zero attached hydrogens (tertiary/aromatic N) is 2. The number of benzene rings is 1. The lowest BCUT2D eigenvalue weighted by atomic mass is 10.1. The fraction of sp³-hybridized carbons (Fsp3) is 0.611. The Morgan fingerprint density at radius 2 is 2.15 bits per heavy atom. The SMILES string of the molecule is CCNC(=NCCS(=O)(=O)c1ccccc1F)N1CCSC(C(C)C)C1. The average Bonchev–Trinajstić information content (AvgIpc) is 2.61. The number of halogens is 1. The standard InChI is InChI=1S/C18H28FN3O2S2/c1-4-20-18(22-10-11-25-16(13-22)14(2)3)21-9-12-26(23,24)17-8-6-5-7-15(17)19/h5-8,14,16H,4,9-13H2,1-3H3,(H,20,21). The number of guanidine groups is 1. The smallest absolute Gasteiger partial charge is 0.194 e. The van der Waals surface area contributed by atoms with E-state index in [1.54, 1.807) is 0 Å². The van der Waals surface area contributed by atoms with Crippen LogP contribution >= 0.6 is 11.8 Å². The lowest BCUT2D eigenvalue weighted by Crippen LogP contribution is -2.49. The van der Waals surface area contributed by atoms with Crippen LogP contribution in [0.4, 0.5) is 4.39 Å². The molecule has 1 saturated heterocycles. The molecule has 1 atom stereocenters. The van der Waals surface area contributed by atoms with E-state index in [0.717, 1.165) is 37.4 Å². The first-order chi connectivity index (χ1) is 12.3. The van der Waals surface area contributed by atoms with Crippen molar-refractivity contribution in [2.24, 2.45) is 10.9 Å². The Kier molecular flexibility index (Phi) is 7.76. The van der Waals surface area contributed by atoms with Crippen LogP contribution in [0.3, 0.4) is 0 Å². The number of rotatable bonds is 6. The van der Waals surface area contributed by atoms with Crippen LogP contribution in [0, 0.1) is 11.7 Å². The predicted molar refractivity (Wildman–Crippen MR) is 107 cm³/mol. The zero-order valence-corrected chi connectivity index (χ0v) is 17.2. The third-order valence-corrected chi connectivity index (χ3v) is 7.53. The number of sulfone groups is 1. The molecule has 0 bridgehead atoms. The van der Waals surface area contributed by atoms with Gasteiger partial charge in [-0.15, -0.1) is 0 Å². The van der Waals surface area contributed by atoms with Gasteiger partial charge in [-0.3, -0.25) is 4.99 Å².